The third-order valence-electron chi connectivity index (χ3n) is 5.57. The minimum Gasteiger partial charge on any atom is -0.481 e. The van der Waals surface area contributed by atoms with Gasteiger partial charge in [0.15, 0.2) is 0 Å². The molecule has 1 aliphatic carbocycles. The number of hydrogen-bond acceptors (Lipinski definition) is 2. The number of aliphatic carboxylic acids is 1. The molecule has 2 rings (SSSR count). The highest BCUT2D eigenvalue weighted by molar-refractivity contribution is 5.85. The van der Waals surface area contributed by atoms with Crippen LogP contribution in [0.2, 0.25) is 0 Å². The molecule has 0 bridgehead atoms. The fourth-order valence-corrected chi connectivity index (χ4v) is 3.69. The number of nitrogens with zero attached hydrogens (tertiary/aromatic N) is 1. The second-order valence-corrected chi connectivity index (χ2v) is 7.12. The number of carboxylic acid groups (broad SMARTS) is 1. The summed E-state index contributed by atoms with van der Waals surface area (Å²) in [6.45, 7) is 8.12. The molecule has 1 amide bonds. The standard InChI is InChI=1S/C16H27NO3/c1-4-16(3)5-7-17(8-6-16)14(18)12-9-11(2)10-13(12)15(19)20/h11-13H,4-10H2,1-3H3,(H,19,20). The number of likely N-dealkylation sites (tertiary alicyclic amines) is 1. The Bertz CT molecular complexity index is 385. The molecule has 0 radical (unpaired) electrons. The Balaban J connectivity index is 2.00. The van der Waals surface area contributed by atoms with Crippen molar-refractivity contribution in [2.45, 2.75) is 52.9 Å². The number of carbonyl (C=O) groups is 2. The lowest BCUT2D eigenvalue weighted by Gasteiger charge is -2.40. The minimum absolute atomic E-state index is 0.0832. The molecule has 0 aromatic heterocycles. The van der Waals surface area contributed by atoms with Gasteiger partial charge in [-0.15, -0.1) is 0 Å². The molecule has 1 aliphatic heterocycles. The van der Waals surface area contributed by atoms with Crippen LogP contribution in [0.5, 0.6) is 0 Å². The monoisotopic (exact) mass is 281 g/mol. The van der Waals surface area contributed by atoms with Gasteiger partial charge >= 0.3 is 5.97 Å². The Hall–Kier alpha value is -1.06. The van der Waals surface area contributed by atoms with E-state index >= 15 is 0 Å². The summed E-state index contributed by atoms with van der Waals surface area (Å²) in [5.41, 5.74) is 0.353. The number of carboxylic acids is 1. The lowest BCUT2D eigenvalue weighted by atomic mass is 9.78. The summed E-state index contributed by atoms with van der Waals surface area (Å²) in [6, 6.07) is 0. The second-order valence-electron chi connectivity index (χ2n) is 7.12. The van der Waals surface area contributed by atoms with Gasteiger partial charge in [0, 0.05) is 13.1 Å². The number of piperidine rings is 1. The molecule has 3 atom stereocenters. The first-order valence-electron chi connectivity index (χ1n) is 7.88. The van der Waals surface area contributed by atoms with E-state index < -0.39 is 11.9 Å². The van der Waals surface area contributed by atoms with Gasteiger partial charge in [0.05, 0.1) is 11.8 Å². The van der Waals surface area contributed by atoms with Crippen LogP contribution in [0.15, 0.2) is 0 Å². The van der Waals surface area contributed by atoms with Gasteiger partial charge in [-0.05, 0) is 37.0 Å². The zero-order valence-electron chi connectivity index (χ0n) is 12.9. The minimum atomic E-state index is -0.803. The van der Waals surface area contributed by atoms with Crippen LogP contribution in [-0.4, -0.2) is 35.0 Å². The van der Waals surface area contributed by atoms with Crippen molar-refractivity contribution < 1.29 is 14.7 Å². The van der Waals surface area contributed by atoms with Crippen LogP contribution >= 0.6 is 0 Å². The number of hydrogen-bond donors (Lipinski definition) is 1. The van der Waals surface area contributed by atoms with Crippen LogP contribution in [-0.2, 0) is 9.59 Å². The van der Waals surface area contributed by atoms with Crippen LogP contribution in [0.25, 0.3) is 0 Å². The molecule has 2 aliphatic rings. The molecule has 4 heteroatoms. The molecule has 0 spiro atoms. The molecule has 1 N–H and O–H groups in total. The number of rotatable bonds is 3. The van der Waals surface area contributed by atoms with Crippen molar-refractivity contribution in [1.82, 2.24) is 4.90 Å². The third kappa shape index (κ3) is 2.99. The predicted molar refractivity (Wildman–Crippen MR) is 77.2 cm³/mol. The first kappa shape index (κ1) is 15.3. The van der Waals surface area contributed by atoms with Crippen LogP contribution in [0.4, 0.5) is 0 Å². The third-order valence-corrected chi connectivity index (χ3v) is 5.57. The van der Waals surface area contributed by atoms with E-state index in [1.165, 1.54) is 0 Å². The Kier molecular flexibility index (Phi) is 4.40. The molecular formula is C16H27NO3. The fraction of sp³-hybridized carbons (Fsp3) is 0.875. The van der Waals surface area contributed by atoms with Crippen molar-refractivity contribution in [3.8, 4) is 0 Å². The summed E-state index contributed by atoms with van der Waals surface area (Å²) in [7, 11) is 0. The van der Waals surface area contributed by atoms with E-state index in [0.29, 0.717) is 17.8 Å². The first-order valence-corrected chi connectivity index (χ1v) is 7.88. The predicted octanol–water partition coefficient (Wildman–Crippen LogP) is 2.77. The lowest BCUT2D eigenvalue weighted by Crippen LogP contribution is -2.45. The van der Waals surface area contributed by atoms with Crippen LogP contribution in [0.1, 0.15) is 52.9 Å². The van der Waals surface area contributed by atoms with Crippen molar-refractivity contribution in [3.63, 3.8) is 0 Å². The zero-order chi connectivity index (χ0) is 14.9. The molecule has 0 aromatic rings. The molecule has 20 heavy (non-hydrogen) atoms. The van der Waals surface area contributed by atoms with Crippen molar-refractivity contribution in [2.24, 2.45) is 23.2 Å². The summed E-state index contributed by atoms with van der Waals surface area (Å²) in [6.07, 6.45) is 4.60. The molecule has 3 unspecified atom stereocenters. The van der Waals surface area contributed by atoms with Crippen LogP contribution in [0, 0.1) is 23.2 Å². The summed E-state index contributed by atoms with van der Waals surface area (Å²) < 4.78 is 0. The van der Waals surface area contributed by atoms with Gasteiger partial charge in [-0.2, -0.15) is 0 Å². The zero-order valence-corrected chi connectivity index (χ0v) is 12.9. The first-order chi connectivity index (χ1) is 9.36. The highest BCUT2D eigenvalue weighted by Crippen LogP contribution is 2.39. The SMILES string of the molecule is CCC1(C)CCN(C(=O)C2CC(C)CC2C(=O)O)CC1. The van der Waals surface area contributed by atoms with Crippen molar-refractivity contribution in [1.29, 1.82) is 0 Å². The Morgan fingerprint density at radius 2 is 1.75 bits per heavy atom. The van der Waals surface area contributed by atoms with Gasteiger partial charge in [0.25, 0.3) is 0 Å². The molecular weight excluding hydrogens is 254 g/mol. The van der Waals surface area contributed by atoms with Gasteiger partial charge in [0.1, 0.15) is 0 Å². The molecule has 1 heterocycles. The van der Waals surface area contributed by atoms with Gasteiger partial charge < -0.3 is 10.0 Å². The molecule has 1 saturated heterocycles. The van der Waals surface area contributed by atoms with E-state index in [1.54, 1.807) is 0 Å². The molecule has 4 nitrogen and oxygen atoms in total. The van der Waals surface area contributed by atoms with E-state index in [1.807, 2.05) is 11.8 Å². The van der Waals surface area contributed by atoms with Crippen molar-refractivity contribution in [2.75, 3.05) is 13.1 Å². The number of amides is 1. The van der Waals surface area contributed by atoms with Gasteiger partial charge in [-0.1, -0.05) is 27.2 Å². The second kappa shape index (κ2) is 5.74. The Morgan fingerprint density at radius 3 is 2.25 bits per heavy atom. The smallest absolute Gasteiger partial charge is 0.307 e. The highest BCUT2D eigenvalue weighted by Gasteiger charge is 2.43. The van der Waals surface area contributed by atoms with E-state index in [4.69, 9.17) is 0 Å². The van der Waals surface area contributed by atoms with E-state index in [0.717, 1.165) is 38.8 Å². The van der Waals surface area contributed by atoms with E-state index in [9.17, 15) is 14.7 Å². The average Bonchev–Trinajstić information content (AvgIpc) is 2.81. The molecule has 1 saturated carbocycles. The van der Waals surface area contributed by atoms with Gasteiger partial charge in [-0.25, -0.2) is 0 Å². The molecule has 114 valence electrons. The Labute approximate surface area is 121 Å². The summed E-state index contributed by atoms with van der Waals surface area (Å²) >= 11 is 0. The normalized spacial score (nSPS) is 33.1. The van der Waals surface area contributed by atoms with E-state index in [-0.39, 0.29) is 11.8 Å². The van der Waals surface area contributed by atoms with Gasteiger partial charge in [0.2, 0.25) is 5.91 Å². The summed E-state index contributed by atoms with van der Waals surface area (Å²) in [4.78, 5) is 25.9. The number of carbonyl (C=O) groups excluding carboxylic acids is 1. The summed E-state index contributed by atoms with van der Waals surface area (Å²) in [5.74, 6) is -1.15. The van der Waals surface area contributed by atoms with Gasteiger partial charge in [-0.3, -0.25) is 9.59 Å². The molecule has 2 fully saturated rings. The Morgan fingerprint density at radius 1 is 1.20 bits per heavy atom. The van der Waals surface area contributed by atoms with E-state index in [2.05, 4.69) is 13.8 Å². The average molecular weight is 281 g/mol. The fourth-order valence-electron chi connectivity index (χ4n) is 3.69. The highest BCUT2D eigenvalue weighted by atomic mass is 16.4. The van der Waals surface area contributed by atoms with Crippen LogP contribution < -0.4 is 0 Å². The van der Waals surface area contributed by atoms with Crippen molar-refractivity contribution in [3.05, 3.63) is 0 Å². The topological polar surface area (TPSA) is 57.6 Å². The van der Waals surface area contributed by atoms with Crippen molar-refractivity contribution >= 4 is 11.9 Å². The maximum Gasteiger partial charge on any atom is 0.307 e. The largest absolute Gasteiger partial charge is 0.481 e. The maximum atomic E-state index is 12.6. The molecule has 0 aromatic carbocycles. The maximum absolute atomic E-state index is 12.6. The quantitative estimate of drug-likeness (QED) is 0.865. The lowest BCUT2D eigenvalue weighted by molar-refractivity contribution is -0.150. The summed E-state index contributed by atoms with van der Waals surface area (Å²) in [5, 5.41) is 9.30. The van der Waals surface area contributed by atoms with Crippen LogP contribution in [0.3, 0.4) is 0 Å².